The van der Waals surface area contributed by atoms with Gasteiger partial charge in [-0.15, -0.1) is 0 Å². The molecule has 27 heavy (non-hydrogen) atoms. The number of amides is 2. The number of carbonyl (C=O) groups is 1. The Balaban J connectivity index is 1.71. The van der Waals surface area contributed by atoms with Crippen molar-refractivity contribution in [3.63, 3.8) is 0 Å². The van der Waals surface area contributed by atoms with Crippen LogP contribution in [0.5, 0.6) is 0 Å². The van der Waals surface area contributed by atoms with Crippen LogP contribution in [0.15, 0.2) is 53.7 Å². The van der Waals surface area contributed by atoms with Crippen LogP contribution in [0.4, 0.5) is 9.18 Å². The number of hydrogen-bond donors (Lipinski definition) is 2. The van der Waals surface area contributed by atoms with Gasteiger partial charge in [0.1, 0.15) is 11.9 Å². The molecule has 1 heterocycles. The van der Waals surface area contributed by atoms with E-state index in [9.17, 15) is 14.4 Å². The summed E-state index contributed by atoms with van der Waals surface area (Å²) in [5.74, 6) is 5.36. The van der Waals surface area contributed by atoms with E-state index in [2.05, 4.69) is 17.0 Å². The molecule has 0 saturated heterocycles. The molecule has 3 N–H and O–H groups in total. The molecule has 0 radical (unpaired) electrons. The number of nitrogens with zero attached hydrogens (tertiary/aromatic N) is 2. The van der Waals surface area contributed by atoms with Crippen molar-refractivity contribution in [1.82, 2.24) is 5.06 Å². The maximum Gasteiger partial charge on any atom is 0.339 e. The first-order chi connectivity index (χ1) is 12.9. The molecule has 6 nitrogen and oxygen atoms in total. The minimum absolute atomic E-state index is 0.256. The van der Waals surface area contributed by atoms with Gasteiger partial charge in [0, 0.05) is 17.5 Å². The lowest BCUT2D eigenvalue weighted by molar-refractivity contribution is -0.0536. The summed E-state index contributed by atoms with van der Waals surface area (Å²) in [6.45, 7) is 1.56. The molecule has 2 unspecified atom stereocenters. The number of hydrogen-bond acceptors (Lipinski definition) is 4. The highest BCUT2D eigenvalue weighted by atomic mass is 19.1. The second-order valence-electron chi connectivity index (χ2n) is 6.10. The number of carbonyl (C=O) groups excluding carboxylic acids is 1. The Kier molecular flexibility index (Phi) is 5.38. The molecule has 2 aromatic carbocycles. The number of benzene rings is 2. The number of hydroxylamine groups is 2. The molecule has 2 amide bonds. The Bertz CT molecular complexity index is 931. The first kappa shape index (κ1) is 18.4. The van der Waals surface area contributed by atoms with E-state index < -0.39 is 12.1 Å². The summed E-state index contributed by atoms with van der Waals surface area (Å²) in [5, 5.41) is 14.0. The number of urea groups is 1. The highest BCUT2D eigenvalue weighted by molar-refractivity contribution is 6.01. The highest BCUT2D eigenvalue weighted by Crippen LogP contribution is 2.29. The quantitative estimate of drug-likeness (QED) is 0.496. The fourth-order valence-corrected chi connectivity index (χ4v) is 2.62. The number of primary amides is 1. The SMILES string of the molecule is CC(C#Cc1cccc(C2=NOC(c3ccc(F)cc3)C2)c1)N(O)C(N)=O. The number of oxime groups is 1. The molecule has 0 spiro atoms. The molecule has 3 rings (SSSR count). The summed E-state index contributed by atoms with van der Waals surface area (Å²) in [4.78, 5) is 16.4. The van der Waals surface area contributed by atoms with Gasteiger partial charge in [-0.25, -0.2) is 9.18 Å². The van der Waals surface area contributed by atoms with Crippen LogP contribution < -0.4 is 5.73 Å². The van der Waals surface area contributed by atoms with Gasteiger partial charge < -0.3 is 10.6 Å². The van der Waals surface area contributed by atoms with Gasteiger partial charge in [0.05, 0.1) is 5.71 Å². The topological polar surface area (TPSA) is 88.2 Å². The molecule has 2 aromatic rings. The van der Waals surface area contributed by atoms with E-state index >= 15 is 0 Å². The third kappa shape index (κ3) is 4.43. The molecule has 2 atom stereocenters. The average molecular weight is 367 g/mol. The molecule has 0 aromatic heterocycles. The van der Waals surface area contributed by atoms with E-state index in [0.29, 0.717) is 17.0 Å². The molecule has 1 aliphatic heterocycles. The second-order valence-corrected chi connectivity index (χ2v) is 6.10. The fraction of sp³-hybridized carbons (Fsp3) is 0.200. The molecule has 0 bridgehead atoms. The third-order valence-electron chi connectivity index (χ3n) is 4.12. The number of halogens is 1. The van der Waals surface area contributed by atoms with Crippen LogP contribution in [0.25, 0.3) is 0 Å². The summed E-state index contributed by atoms with van der Waals surface area (Å²) in [5.41, 5.74) is 8.18. The van der Waals surface area contributed by atoms with Crippen molar-refractivity contribution >= 4 is 11.7 Å². The predicted octanol–water partition coefficient (Wildman–Crippen LogP) is 3.20. The predicted molar refractivity (Wildman–Crippen MR) is 97.4 cm³/mol. The van der Waals surface area contributed by atoms with Crippen LogP contribution >= 0.6 is 0 Å². The van der Waals surface area contributed by atoms with Crippen molar-refractivity contribution < 1.29 is 19.2 Å². The van der Waals surface area contributed by atoms with E-state index in [1.54, 1.807) is 19.1 Å². The van der Waals surface area contributed by atoms with Crippen LogP contribution in [-0.2, 0) is 4.84 Å². The van der Waals surface area contributed by atoms with Crippen molar-refractivity contribution in [3.8, 4) is 11.8 Å². The Hall–Kier alpha value is -3.37. The van der Waals surface area contributed by atoms with Crippen molar-refractivity contribution in [1.29, 1.82) is 0 Å². The summed E-state index contributed by atoms with van der Waals surface area (Å²) in [7, 11) is 0. The van der Waals surface area contributed by atoms with Crippen molar-refractivity contribution in [2.75, 3.05) is 0 Å². The third-order valence-corrected chi connectivity index (χ3v) is 4.12. The van der Waals surface area contributed by atoms with E-state index in [0.717, 1.165) is 16.8 Å². The monoisotopic (exact) mass is 367 g/mol. The largest absolute Gasteiger partial charge is 0.387 e. The van der Waals surface area contributed by atoms with Crippen molar-refractivity contribution in [3.05, 3.63) is 71.0 Å². The smallest absolute Gasteiger partial charge is 0.339 e. The van der Waals surface area contributed by atoms with Crippen molar-refractivity contribution in [2.45, 2.75) is 25.5 Å². The highest BCUT2D eigenvalue weighted by Gasteiger charge is 2.24. The molecule has 0 saturated carbocycles. The Morgan fingerprint density at radius 3 is 2.81 bits per heavy atom. The molecular weight excluding hydrogens is 349 g/mol. The van der Waals surface area contributed by atoms with Gasteiger partial charge in [-0.2, -0.15) is 5.06 Å². The summed E-state index contributed by atoms with van der Waals surface area (Å²) >= 11 is 0. The maximum atomic E-state index is 13.1. The van der Waals surface area contributed by atoms with Gasteiger partial charge in [-0.05, 0) is 36.8 Å². The molecule has 1 aliphatic rings. The standard InChI is InChI=1S/C20H18FN3O3/c1-13(24(26)20(22)25)5-6-14-3-2-4-16(11-14)18-12-19(27-23-18)15-7-9-17(21)10-8-15/h2-4,7-11,13,19,26H,12H2,1H3,(H2,22,25). The zero-order valence-corrected chi connectivity index (χ0v) is 14.6. The number of rotatable bonds is 3. The lowest BCUT2D eigenvalue weighted by atomic mass is 9.99. The van der Waals surface area contributed by atoms with Crippen LogP contribution in [0.1, 0.15) is 36.1 Å². The Morgan fingerprint density at radius 1 is 1.37 bits per heavy atom. The maximum absolute atomic E-state index is 13.1. The molecule has 138 valence electrons. The average Bonchev–Trinajstić information content (AvgIpc) is 3.16. The molecule has 0 aliphatic carbocycles. The summed E-state index contributed by atoms with van der Waals surface area (Å²) in [6, 6.07) is 11.8. The normalized spacial score (nSPS) is 16.6. The van der Waals surface area contributed by atoms with Crippen LogP contribution in [0.3, 0.4) is 0 Å². The van der Waals surface area contributed by atoms with Gasteiger partial charge >= 0.3 is 6.03 Å². The summed E-state index contributed by atoms with van der Waals surface area (Å²) < 4.78 is 13.1. The Labute approximate surface area is 156 Å². The first-order valence-electron chi connectivity index (χ1n) is 8.31. The zero-order chi connectivity index (χ0) is 19.4. The van der Waals surface area contributed by atoms with Gasteiger partial charge in [0.25, 0.3) is 0 Å². The van der Waals surface area contributed by atoms with Crippen LogP contribution in [0, 0.1) is 17.7 Å². The summed E-state index contributed by atoms with van der Waals surface area (Å²) in [6.07, 6.45) is 0.305. The van der Waals surface area contributed by atoms with Crippen molar-refractivity contribution in [2.24, 2.45) is 10.9 Å². The second kappa shape index (κ2) is 7.89. The zero-order valence-electron chi connectivity index (χ0n) is 14.6. The fourth-order valence-electron chi connectivity index (χ4n) is 2.62. The van der Waals surface area contributed by atoms with E-state index in [4.69, 9.17) is 10.6 Å². The Morgan fingerprint density at radius 2 is 2.11 bits per heavy atom. The number of nitrogens with two attached hydrogens (primary N) is 1. The first-order valence-corrected chi connectivity index (χ1v) is 8.31. The van der Waals surface area contributed by atoms with Crippen LogP contribution in [-0.4, -0.2) is 28.1 Å². The van der Waals surface area contributed by atoms with E-state index in [1.807, 2.05) is 24.3 Å². The van der Waals surface area contributed by atoms with Gasteiger partial charge in [-0.3, -0.25) is 5.21 Å². The van der Waals surface area contributed by atoms with E-state index in [-0.39, 0.29) is 11.9 Å². The van der Waals surface area contributed by atoms with Crippen LogP contribution in [0.2, 0.25) is 0 Å². The van der Waals surface area contributed by atoms with Gasteiger partial charge in [0.2, 0.25) is 0 Å². The van der Waals surface area contributed by atoms with E-state index in [1.165, 1.54) is 12.1 Å². The lowest BCUT2D eigenvalue weighted by Gasteiger charge is -2.14. The minimum Gasteiger partial charge on any atom is -0.387 e. The minimum atomic E-state index is -0.963. The van der Waals surface area contributed by atoms with Gasteiger partial charge in [-0.1, -0.05) is 41.3 Å². The lowest BCUT2D eigenvalue weighted by Crippen LogP contribution is -2.38. The molecule has 0 fully saturated rings. The van der Waals surface area contributed by atoms with Gasteiger partial charge in [0.15, 0.2) is 6.10 Å². The molecule has 7 heteroatoms. The molecular formula is C20H18FN3O3.